The number of nitrogens with zero attached hydrogens (tertiary/aromatic N) is 1. The first-order valence-electron chi connectivity index (χ1n) is 7.12. The monoisotopic (exact) mass is 310 g/mol. The zero-order valence-corrected chi connectivity index (χ0v) is 12.8. The molecule has 23 heavy (non-hydrogen) atoms. The molecule has 0 aromatic heterocycles. The topological polar surface area (TPSA) is 75.8 Å². The molecule has 0 spiro atoms. The summed E-state index contributed by atoms with van der Waals surface area (Å²) in [6, 6.07) is 15.6. The van der Waals surface area contributed by atoms with E-state index >= 15 is 0 Å². The van der Waals surface area contributed by atoms with E-state index in [2.05, 4.69) is 11.8 Å². The highest BCUT2D eigenvalue weighted by molar-refractivity contribution is 5.71. The third-order valence-corrected chi connectivity index (χ3v) is 3.12. The molecule has 5 heteroatoms. The van der Waals surface area contributed by atoms with Gasteiger partial charge in [-0.3, -0.25) is 5.21 Å². The van der Waals surface area contributed by atoms with Gasteiger partial charge in [0.2, 0.25) is 0 Å². The minimum atomic E-state index is -0.934. The highest BCUT2D eigenvalue weighted by Crippen LogP contribution is 2.13. The number of benzene rings is 2. The van der Waals surface area contributed by atoms with Crippen molar-refractivity contribution in [1.82, 2.24) is 5.06 Å². The quantitative estimate of drug-likeness (QED) is 0.518. The van der Waals surface area contributed by atoms with Gasteiger partial charge >= 0.3 is 6.03 Å². The van der Waals surface area contributed by atoms with Crippen LogP contribution < -0.4 is 10.5 Å². The molecule has 2 aromatic carbocycles. The number of hydrogen-bond acceptors (Lipinski definition) is 3. The second-order valence-electron chi connectivity index (χ2n) is 4.93. The fourth-order valence-electron chi connectivity index (χ4n) is 1.82. The van der Waals surface area contributed by atoms with E-state index < -0.39 is 12.1 Å². The van der Waals surface area contributed by atoms with E-state index in [1.165, 1.54) is 0 Å². The standard InChI is InChI=1S/C18H18N2O3/c1-14(20(22)18(19)21)7-8-15-9-11-17(12-10-15)23-13-16-5-3-2-4-6-16/h2-6,9-12,14,22H,13H2,1H3,(H2,19,21). The molecule has 0 fully saturated rings. The van der Waals surface area contributed by atoms with Crippen LogP contribution in [0.3, 0.4) is 0 Å². The Morgan fingerprint density at radius 1 is 1.22 bits per heavy atom. The van der Waals surface area contributed by atoms with Crippen molar-refractivity contribution in [3.63, 3.8) is 0 Å². The molecule has 2 aromatic rings. The Morgan fingerprint density at radius 3 is 2.48 bits per heavy atom. The van der Waals surface area contributed by atoms with Gasteiger partial charge in [0.1, 0.15) is 18.4 Å². The van der Waals surface area contributed by atoms with Gasteiger partial charge in [-0.05, 0) is 36.8 Å². The van der Waals surface area contributed by atoms with Crippen molar-refractivity contribution in [2.45, 2.75) is 19.6 Å². The lowest BCUT2D eigenvalue weighted by Gasteiger charge is -2.14. The van der Waals surface area contributed by atoms with E-state index in [0.717, 1.165) is 16.9 Å². The van der Waals surface area contributed by atoms with Crippen molar-refractivity contribution in [3.05, 3.63) is 65.7 Å². The summed E-state index contributed by atoms with van der Waals surface area (Å²) >= 11 is 0. The van der Waals surface area contributed by atoms with Gasteiger partial charge < -0.3 is 10.5 Å². The summed E-state index contributed by atoms with van der Waals surface area (Å²) in [5.41, 5.74) is 6.81. The van der Waals surface area contributed by atoms with Crippen LogP contribution in [0.5, 0.6) is 5.75 Å². The Bertz CT molecular complexity index is 703. The number of nitrogens with two attached hydrogens (primary N) is 1. The lowest BCUT2D eigenvalue weighted by Crippen LogP contribution is -2.38. The van der Waals surface area contributed by atoms with Crippen molar-refractivity contribution < 1.29 is 14.7 Å². The molecule has 1 atom stereocenters. The van der Waals surface area contributed by atoms with Crippen molar-refractivity contribution in [3.8, 4) is 17.6 Å². The van der Waals surface area contributed by atoms with Crippen LogP contribution in [0, 0.1) is 11.8 Å². The van der Waals surface area contributed by atoms with Gasteiger partial charge in [-0.2, -0.15) is 5.06 Å². The zero-order chi connectivity index (χ0) is 16.7. The van der Waals surface area contributed by atoms with Gasteiger partial charge in [0.05, 0.1) is 0 Å². The molecule has 0 saturated heterocycles. The van der Waals surface area contributed by atoms with Gasteiger partial charge in [-0.15, -0.1) is 0 Å². The molecule has 0 bridgehead atoms. The summed E-state index contributed by atoms with van der Waals surface area (Å²) in [4.78, 5) is 10.8. The van der Waals surface area contributed by atoms with Crippen molar-refractivity contribution in [1.29, 1.82) is 0 Å². The second-order valence-corrected chi connectivity index (χ2v) is 4.93. The average molecular weight is 310 g/mol. The largest absolute Gasteiger partial charge is 0.489 e. The summed E-state index contributed by atoms with van der Waals surface area (Å²) in [5.74, 6) is 6.35. The van der Waals surface area contributed by atoms with Crippen LogP contribution in [0.1, 0.15) is 18.1 Å². The van der Waals surface area contributed by atoms with Crippen LogP contribution in [0.15, 0.2) is 54.6 Å². The predicted octanol–water partition coefficient (Wildman–Crippen LogP) is 2.78. The van der Waals surface area contributed by atoms with E-state index in [9.17, 15) is 10.0 Å². The van der Waals surface area contributed by atoms with Gasteiger partial charge in [-0.1, -0.05) is 42.2 Å². The molecular weight excluding hydrogens is 292 g/mol. The maximum atomic E-state index is 10.8. The number of rotatable bonds is 4. The maximum Gasteiger partial charge on any atom is 0.339 e. The Hall–Kier alpha value is -2.97. The first kappa shape index (κ1) is 16.4. The lowest BCUT2D eigenvalue weighted by atomic mass is 10.2. The van der Waals surface area contributed by atoms with Crippen LogP contribution in [-0.2, 0) is 6.61 Å². The fraction of sp³-hybridized carbons (Fsp3) is 0.167. The van der Waals surface area contributed by atoms with Gasteiger partial charge in [0.15, 0.2) is 0 Å². The van der Waals surface area contributed by atoms with Crippen LogP contribution in [-0.4, -0.2) is 22.3 Å². The molecule has 1 unspecified atom stereocenters. The normalized spacial score (nSPS) is 11.0. The minimum Gasteiger partial charge on any atom is -0.489 e. The Kier molecular flexibility index (Phi) is 5.61. The van der Waals surface area contributed by atoms with E-state index in [0.29, 0.717) is 11.7 Å². The smallest absolute Gasteiger partial charge is 0.339 e. The van der Waals surface area contributed by atoms with Crippen molar-refractivity contribution >= 4 is 6.03 Å². The SMILES string of the molecule is CC(C#Cc1ccc(OCc2ccccc2)cc1)N(O)C(N)=O. The molecule has 5 nitrogen and oxygen atoms in total. The fourth-order valence-corrected chi connectivity index (χ4v) is 1.82. The zero-order valence-electron chi connectivity index (χ0n) is 12.8. The molecule has 118 valence electrons. The van der Waals surface area contributed by atoms with Crippen LogP contribution in [0.25, 0.3) is 0 Å². The summed E-state index contributed by atoms with van der Waals surface area (Å²) < 4.78 is 5.68. The second kappa shape index (κ2) is 7.87. The number of amides is 2. The summed E-state index contributed by atoms with van der Waals surface area (Å²) in [6.07, 6.45) is 0. The van der Waals surface area contributed by atoms with Gasteiger partial charge in [-0.25, -0.2) is 4.79 Å². The Morgan fingerprint density at radius 2 is 1.87 bits per heavy atom. The van der Waals surface area contributed by atoms with E-state index in [1.807, 2.05) is 54.6 Å². The first-order valence-corrected chi connectivity index (χ1v) is 7.12. The molecule has 0 heterocycles. The molecule has 0 aliphatic rings. The number of urea groups is 1. The first-order chi connectivity index (χ1) is 11.1. The number of carbonyl (C=O) groups excluding carboxylic acids is 1. The highest BCUT2D eigenvalue weighted by atomic mass is 16.5. The minimum absolute atomic E-state index is 0.393. The van der Waals surface area contributed by atoms with Crippen molar-refractivity contribution in [2.24, 2.45) is 5.73 Å². The summed E-state index contributed by atoms with van der Waals surface area (Å²) in [5, 5.41) is 9.72. The third-order valence-electron chi connectivity index (χ3n) is 3.12. The predicted molar refractivity (Wildman–Crippen MR) is 86.8 cm³/mol. The number of primary amides is 1. The van der Waals surface area contributed by atoms with Crippen molar-refractivity contribution in [2.75, 3.05) is 0 Å². The summed E-state index contributed by atoms with van der Waals surface area (Å²) in [7, 11) is 0. The number of hydrogen-bond donors (Lipinski definition) is 2. The maximum absolute atomic E-state index is 10.8. The van der Waals surface area contributed by atoms with Gasteiger partial charge in [0, 0.05) is 5.56 Å². The average Bonchev–Trinajstić information content (AvgIpc) is 2.59. The number of hydroxylamine groups is 2. The van der Waals surface area contributed by atoms with Crippen LogP contribution in [0.4, 0.5) is 4.79 Å². The highest BCUT2D eigenvalue weighted by Gasteiger charge is 2.11. The number of carbonyl (C=O) groups is 1. The molecule has 0 aliphatic heterocycles. The molecule has 2 amide bonds. The lowest BCUT2D eigenvalue weighted by molar-refractivity contribution is -0.0536. The molecule has 3 N–H and O–H groups in total. The molecule has 0 radical (unpaired) electrons. The van der Waals surface area contributed by atoms with E-state index in [4.69, 9.17) is 10.5 Å². The molecular formula is C18H18N2O3. The van der Waals surface area contributed by atoms with Crippen LogP contribution in [0.2, 0.25) is 0 Å². The summed E-state index contributed by atoms with van der Waals surface area (Å²) in [6.45, 7) is 2.08. The molecule has 0 aliphatic carbocycles. The Balaban J connectivity index is 1.93. The number of ether oxygens (including phenoxy) is 1. The molecule has 0 saturated carbocycles. The van der Waals surface area contributed by atoms with E-state index in [1.54, 1.807) is 6.92 Å². The van der Waals surface area contributed by atoms with Crippen LogP contribution >= 0.6 is 0 Å². The van der Waals surface area contributed by atoms with E-state index in [-0.39, 0.29) is 0 Å². The molecule has 2 rings (SSSR count). The third kappa shape index (κ3) is 5.06. The van der Waals surface area contributed by atoms with Gasteiger partial charge in [0.25, 0.3) is 0 Å². The Labute approximate surface area is 135 Å².